The number of benzene rings is 1. The lowest BCUT2D eigenvalue weighted by molar-refractivity contribution is 0.0368. The van der Waals surface area contributed by atoms with Crippen LogP contribution >= 0.6 is 15.9 Å². The van der Waals surface area contributed by atoms with Gasteiger partial charge in [-0.05, 0) is 59.8 Å². The molecule has 19 heavy (non-hydrogen) atoms. The number of hydrogen-bond donors (Lipinski definition) is 2. The van der Waals surface area contributed by atoms with Crippen LogP contribution in [0.25, 0.3) is 0 Å². The van der Waals surface area contributed by atoms with Gasteiger partial charge in [0.05, 0.1) is 11.2 Å². The Labute approximate surface area is 123 Å². The lowest BCUT2D eigenvalue weighted by Crippen LogP contribution is -2.41. The minimum Gasteiger partial charge on any atom is -0.388 e. The standard InChI is InChI=1S/C15H22BrNO2/c1-10(2)8-15(4,19)9-17-14(18)12-6-5-11(3)7-13(12)16/h5-7,10,19H,8-9H2,1-4H3,(H,17,18). The fourth-order valence-corrected chi connectivity index (χ4v) is 2.80. The molecule has 0 radical (unpaired) electrons. The summed E-state index contributed by atoms with van der Waals surface area (Å²) >= 11 is 3.39. The molecule has 1 amide bonds. The molecule has 0 spiro atoms. The summed E-state index contributed by atoms with van der Waals surface area (Å²) < 4.78 is 0.772. The van der Waals surface area contributed by atoms with Gasteiger partial charge in [-0.3, -0.25) is 4.79 Å². The fraction of sp³-hybridized carbons (Fsp3) is 0.533. The summed E-state index contributed by atoms with van der Waals surface area (Å²) in [6.07, 6.45) is 0.655. The molecular weight excluding hydrogens is 306 g/mol. The van der Waals surface area contributed by atoms with Crippen LogP contribution in [0.1, 0.15) is 43.1 Å². The SMILES string of the molecule is Cc1ccc(C(=O)NCC(C)(O)CC(C)C)c(Br)c1. The lowest BCUT2D eigenvalue weighted by Gasteiger charge is -2.25. The molecule has 4 heteroatoms. The van der Waals surface area contributed by atoms with Crippen molar-refractivity contribution < 1.29 is 9.90 Å². The molecule has 106 valence electrons. The van der Waals surface area contributed by atoms with Crippen molar-refractivity contribution in [3.8, 4) is 0 Å². The first kappa shape index (κ1) is 16.2. The molecule has 1 aromatic rings. The molecule has 0 fully saturated rings. The van der Waals surface area contributed by atoms with E-state index >= 15 is 0 Å². The van der Waals surface area contributed by atoms with E-state index in [1.165, 1.54) is 0 Å². The third-order valence-corrected chi connectivity index (χ3v) is 3.50. The molecule has 0 aliphatic rings. The van der Waals surface area contributed by atoms with Crippen molar-refractivity contribution >= 4 is 21.8 Å². The van der Waals surface area contributed by atoms with E-state index in [-0.39, 0.29) is 12.5 Å². The molecule has 0 aliphatic heterocycles. The van der Waals surface area contributed by atoms with Crippen LogP contribution in [0.15, 0.2) is 22.7 Å². The molecule has 0 aliphatic carbocycles. The topological polar surface area (TPSA) is 49.3 Å². The monoisotopic (exact) mass is 327 g/mol. The Bertz CT molecular complexity index is 455. The maximum atomic E-state index is 12.1. The van der Waals surface area contributed by atoms with Crippen LogP contribution in [0, 0.1) is 12.8 Å². The number of carbonyl (C=O) groups excluding carboxylic acids is 1. The third kappa shape index (κ3) is 5.33. The van der Waals surface area contributed by atoms with Crippen molar-refractivity contribution in [2.75, 3.05) is 6.54 Å². The smallest absolute Gasteiger partial charge is 0.252 e. The largest absolute Gasteiger partial charge is 0.388 e. The van der Waals surface area contributed by atoms with E-state index < -0.39 is 5.60 Å². The summed E-state index contributed by atoms with van der Waals surface area (Å²) in [5.74, 6) is 0.217. The zero-order valence-electron chi connectivity index (χ0n) is 12.0. The maximum Gasteiger partial charge on any atom is 0.252 e. The number of amides is 1. The molecule has 0 aromatic heterocycles. The number of nitrogens with one attached hydrogen (secondary N) is 1. The Morgan fingerprint density at radius 2 is 2.11 bits per heavy atom. The van der Waals surface area contributed by atoms with Crippen LogP contribution in [-0.2, 0) is 0 Å². The highest BCUT2D eigenvalue weighted by Gasteiger charge is 2.23. The number of rotatable bonds is 5. The average Bonchev–Trinajstić information content (AvgIpc) is 2.24. The molecule has 0 bridgehead atoms. The number of halogens is 1. The first-order chi connectivity index (χ1) is 8.71. The zero-order chi connectivity index (χ0) is 14.6. The molecule has 0 saturated heterocycles. The summed E-state index contributed by atoms with van der Waals surface area (Å²) in [6, 6.07) is 5.58. The molecule has 1 atom stereocenters. The van der Waals surface area contributed by atoms with Crippen molar-refractivity contribution in [2.45, 2.75) is 39.7 Å². The van der Waals surface area contributed by atoms with Crippen molar-refractivity contribution in [3.05, 3.63) is 33.8 Å². The Balaban J connectivity index is 2.65. The van der Waals surface area contributed by atoms with Crippen molar-refractivity contribution in [1.82, 2.24) is 5.32 Å². The molecule has 1 rings (SSSR count). The summed E-state index contributed by atoms with van der Waals surface area (Å²) in [7, 11) is 0. The number of carbonyl (C=O) groups is 1. The Kier molecular flexibility index (Phi) is 5.56. The number of aliphatic hydroxyl groups is 1. The third-order valence-electron chi connectivity index (χ3n) is 2.85. The molecule has 1 unspecified atom stereocenters. The molecule has 3 nitrogen and oxygen atoms in total. The van der Waals surface area contributed by atoms with E-state index in [2.05, 4.69) is 21.2 Å². The summed E-state index contributed by atoms with van der Waals surface area (Å²) in [6.45, 7) is 8.07. The fourth-order valence-electron chi connectivity index (χ4n) is 2.12. The van der Waals surface area contributed by atoms with Crippen LogP contribution in [0.4, 0.5) is 0 Å². The van der Waals surface area contributed by atoms with Gasteiger partial charge in [0.25, 0.3) is 5.91 Å². The van der Waals surface area contributed by atoms with Gasteiger partial charge in [-0.15, -0.1) is 0 Å². The van der Waals surface area contributed by atoms with Crippen LogP contribution < -0.4 is 5.32 Å². The highest BCUT2D eigenvalue weighted by molar-refractivity contribution is 9.10. The van der Waals surface area contributed by atoms with E-state index in [9.17, 15) is 9.90 Å². The molecule has 1 aromatic carbocycles. The van der Waals surface area contributed by atoms with Gasteiger partial charge < -0.3 is 10.4 Å². The van der Waals surface area contributed by atoms with Gasteiger partial charge in [0.1, 0.15) is 0 Å². The quantitative estimate of drug-likeness (QED) is 0.871. The Hall–Kier alpha value is -0.870. The van der Waals surface area contributed by atoms with Gasteiger partial charge in [0, 0.05) is 11.0 Å². The number of aryl methyl sites for hydroxylation is 1. The van der Waals surface area contributed by atoms with Gasteiger partial charge in [0.15, 0.2) is 0 Å². The van der Waals surface area contributed by atoms with Crippen molar-refractivity contribution in [1.29, 1.82) is 0 Å². The highest BCUT2D eigenvalue weighted by Crippen LogP contribution is 2.19. The number of hydrogen-bond acceptors (Lipinski definition) is 2. The van der Waals surface area contributed by atoms with E-state index in [1.807, 2.05) is 32.9 Å². The van der Waals surface area contributed by atoms with Crippen LogP contribution in [-0.4, -0.2) is 23.2 Å². The normalized spacial score (nSPS) is 14.3. The summed E-state index contributed by atoms with van der Waals surface area (Å²) in [5.41, 5.74) is 0.808. The van der Waals surface area contributed by atoms with Crippen molar-refractivity contribution in [3.63, 3.8) is 0 Å². The second-order valence-corrected chi connectivity index (χ2v) is 6.62. The first-order valence-electron chi connectivity index (χ1n) is 6.48. The second kappa shape index (κ2) is 6.53. The van der Waals surface area contributed by atoms with Crippen molar-refractivity contribution in [2.24, 2.45) is 5.92 Å². The minimum absolute atomic E-state index is 0.170. The van der Waals surface area contributed by atoms with Crippen LogP contribution in [0.2, 0.25) is 0 Å². The van der Waals surface area contributed by atoms with Gasteiger partial charge in [-0.25, -0.2) is 0 Å². The first-order valence-corrected chi connectivity index (χ1v) is 7.27. The van der Waals surface area contributed by atoms with E-state index in [0.29, 0.717) is 17.9 Å². The predicted octanol–water partition coefficient (Wildman–Crippen LogP) is 3.28. The molecule has 0 heterocycles. The average molecular weight is 328 g/mol. The van der Waals surface area contributed by atoms with E-state index in [0.717, 1.165) is 10.0 Å². The van der Waals surface area contributed by atoms with Gasteiger partial charge in [-0.1, -0.05) is 19.9 Å². The van der Waals surface area contributed by atoms with Crippen LogP contribution in [0.3, 0.4) is 0 Å². The van der Waals surface area contributed by atoms with E-state index in [4.69, 9.17) is 0 Å². The molecule has 0 saturated carbocycles. The summed E-state index contributed by atoms with van der Waals surface area (Å²) in [5, 5.41) is 13.0. The summed E-state index contributed by atoms with van der Waals surface area (Å²) in [4.78, 5) is 12.1. The predicted molar refractivity (Wildman–Crippen MR) is 81.3 cm³/mol. The minimum atomic E-state index is -0.874. The Morgan fingerprint density at radius 3 is 2.63 bits per heavy atom. The second-order valence-electron chi connectivity index (χ2n) is 5.76. The molecular formula is C15H22BrNO2. The lowest BCUT2D eigenvalue weighted by atomic mass is 9.94. The van der Waals surface area contributed by atoms with Crippen LogP contribution in [0.5, 0.6) is 0 Å². The zero-order valence-corrected chi connectivity index (χ0v) is 13.5. The van der Waals surface area contributed by atoms with Gasteiger partial charge in [0.2, 0.25) is 0 Å². The van der Waals surface area contributed by atoms with Gasteiger partial charge in [-0.2, -0.15) is 0 Å². The maximum absolute atomic E-state index is 12.1. The molecule has 2 N–H and O–H groups in total. The van der Waals surface area contributed by atoms with Gasteiger partial charge >= 0.3 is 0 Å². The van der Waals surface area contributed by atoms with E-state index in [1.54, 1.807) is 13.0 Å². The highest BCUT2D eigenvalue weighted by atomic mass is 79.9. The Morgan fingerprint density at radius 1 is 1.47 bits per heavy atom.